The van der Waals surface area contributed by atoms with Gasteiger partial charge in [-0.15, -0.1) is 0 Å². The molecule has 0 aliphatic rings. The van der Waals surface area contributed by atoms with Crippen molar-refractivity contribution in [2.75, 3.05) is 17.7 Å². The van der Waals surface area contributed by atoms with Crippen LogP contribution in [0.2, 0.25) is 0 Å². The third-order valence-corrected chi connectivity index (χ3v) is 3.41. The number of nitrogens with one attached hydrogen (secondary N) is 2. The lowest BCUT2D eigenvalue weighted by Gasteiger charge is -2.13. The molecule has 0 unspecified atom stereocenters. The molecule has 0 aliphatic carbocycles. The molecule has 130 valence electrons. The molecule has 1 aromatic carbocycles. The summed E-state index contributed by atoms with van der Waals surface area (Å²) in [7, 11) is 3.07. The van der Waals surface area contributed by atoms with Crippen LogP contribution < -0.4 is 15.4 Å². The fraction of sp³-hybridized carbons (Fsp3) is 0.333. The molecule has 2 aromatic rings. The SMILES string of the molecule is COc1c(NC(=O)Nc2cc(C(F)(F)F)ccc2C)c(C)nn1C. The Balaban J connectivity index is 2.22. The van der Waals surface area contributed by atoms with Crippen molar-refractivity contribution < 1.29 is 22.7 Å². The van der Waals surface area contributed by atoms with Crippen LogP contribution in [-0.2, 0) is 13.2 Å². The molecule has 1 aromatic heterocycles. The van der Waals surface area contributed by atoms with Crippen molar-refractivity contribution in [2.24, 2.45) is 7.05 Å². The van der Waals surface area contributed by atoms with E-state index in [2.05, 4.69) is 15.7 Å². The molecule has 9 heteroatoms. The van der Waals surface area contributed by atoms with Gasteiger partial charge in [-0.05, 0) is 31.5 Å². The maximum Gasteiger partial charge on any atom is 0.416 e. The molecule has 0 saturated carbocycles. The number of halogens is 3. The third kappa shape index (κ3) is 3.61. The number of hydrogen-bond acceptors (Lipinski definition) is 3. The second-order valence-electron chi connectivity index (χ2n) is 5.20. The highest BCUT2D eigenvalue weighted by molar-refractivity contribution is 6.01. The Morgan fingerprint density at radius 3 is 2.50 bits per heavy atom. The zero-order valence-corrected chi connectivity index (χ0v) is 13.6. The zero-order valence-electron chi connectivity index (χ0n) is 13.6. The predicted octanol–water partition coefficient (Wildman–Crippen LogP) is 3.71. The Bertz CT molecular complexity index is 769. The van der Waals surface area contributed by atoms with Gasteiger partial charge in [0.05, 0.1) is 18.4 Å². The molecule has 2 rings (SSSR count). The molecular formula is C15H17F3N4O2. The van der Waals surface area contributed by atoms with E-state index < -0.39 is 17.8 Å². The number of anilines is 2. The fourth-order valence-electron chi connectivity index (χ4n) is 2.22. The number of carbonyl (C=O) groups is 1. The summed E-state index contributed by atoms with van der Waals surface area (Å²) >= 11 is 0. The number of aromatic nitrogens is 2. The fourth-order valence-corrected chi connectivity index (χ4v) is 2.22. The minimum absolute atomic E-state index is 0.0721. The molecular weight excluding hydrogens is 325 g/mol. The molecule has 24 heavy (non-hydrogen) atoms. The van der Waals surface area contributed by atoms with Gasteiger partial charge in [0.2, 0.25) is 5.88 Å². The monoisotopic (exact) mass is 342 g/mol. The Kier molecular flexibility index (Phi) is 4.72. The smallest absolute Gasteiger partial charge is 0.416 e. The van der Waals surface area contributed by atoms with Crippen LogP contribution >= 0.6 is 0 Å². The number of methoxy groups -OCH3 is 1. The van der Waals surface area contributed by atoms with Crippen molar-refractivity contribution >= 4 is 17.4 Å². The van der Waals surface area contributed by atoms with E-state index in [9.17, 15) is 18.0 Å². The molecule has 6 nitrogen and oxygen atoms in total. The van der Waals surface area contributed by atoms with Gasteiger partial charge in [0.1, 0.15) is 5.69 Å². The van der Waals surface area contributed by atoms with Crippen LogP contribution in [0.25, 0.3) is 0 Å². The Hall–Kier alpha value is -2.71. The number of benzene rings is 1. The van der Waals surface area contributed by atoms with Crippen LogP contribution in [-0.4, -0.2) is 22.9 Å². The van der Waals surface area contributed by atoms with E-state index in [1.54, 1.807) is 20.9 Å². The largest absolute Gasteiger partial charge is 0.480 e. The number of urea groups is 1. The molecule has 0 radical (unpaired) electrons. The molecule has 0 bridgehead atoms. The van der Waals surface area contributed by atoms with Gasteiger partial charge >= 0.3 is 12.2 Å². The minimum Gasteiger partial charge on any atom is -0.480 e. The van der Waals surface area contributed by atoms with Crippen molar-refractivity contribution in [3.8, 4) is 5.88 Å². The van der Waals surface area contributed by atoms with Gasteiger partial charge in [-0.3, -0.25) is 0 Å². The highest BCUT2D eigenvalue weighted by atomic mass is 19.4. The van der Waals surface area contributed by atoms with Gasteiger partial charge in [0.25, 0.3) is 0 Å². The van der Waals surface area contributed by atoms with Crippen LogP contribution in [0.5, 0.6) is 5.88 Å². The molecule has 0 fully saturated rings. The van der Waals surface area contributed by atoms with Gasteiger partial charge in [-0.1, -0.05) is 6.07 Å². The second-order valence-corrected chi connectivity index (χ2v) is 5.20. The van der Waals surface area contributed by atoms with Crippen molar-refractivity contribution in [3.63, 3.8) is 0 Å². The van der Waals surface area contributed by atoms with Crippen molar-refractivity contribution in [2.45, 2.75) is 20.0 Å². The highest BCUT2D eigenvalue weighted by Crippen LogP contribution is 2.32. The Morgan fingerprint density at radius 2 is 1.92 bits per heavy atom. The van der Waals surface area contributed by atoms with E-state index in [0.29, 0.717) is 22.8 Å². The molecule has 1 heterocycles. The van der Waals surface area contributed by atoms with Crippen molar-refractivity contribution in [1.82, 2.24) is 9.78 Å². The first-order valence-corrected chi connectivity index (χ1v) is 6.97. The minimum atomic E-state index is -4.48. The standard InChI is InChI=1S/C15H17F3N4O2/c1-8-5-6-10(15(16,17)18)7-11(8)19-14(23)20-12-9(2)21-22(3)13(12)24-4/h5-7H,1-4H3,(H2,19,20,23). The van der Waals surface area contributed by atoms with Crippen LogP contribution in [0.3, 0.4) is 0 Å². The molecule has 0 saturated heterocycles. The topological polar surface area (TPSA) is 68.2 Å². The summed E-state index contributed by atoms with van der Waals surface area (Å²) in [4.78, 5) is 12.1. The van der Waals surface area contributed by atoms with E-state index in [1.807, 2.05) is 0 Å². The average Bonchev–Trinajstić information content (AvgIpc) is 2.73. The maximum atomic E-state index is 12.8. The van der Waals surface area contributed by atoms with Crippen LogP contribution in [0.1, 0.15) is 16.8 Å². The predicted molar refractivity (Wildman–Crippen MR) is 83.3 cm³/mol. The normalized spacial score (nSPS) is 11.3. The lowest BCUT2D eigenvalue weighted by atomic mass is 10.1. The van der Waals surface area contributed by atoms with Crippen LogP contribution in [0.15, 0.2) is 18.2 Å². The summed E-state index contributed by atoms with van der Waals surface area (Å²) in [5, 5.41) is 9.07. The van der Waals surface area contributed by atoms with Crippen LogP contribution in [0, 0.1) is 13.8 Å². The summed E-state index contributed by atoms with van der Waals surface area (Å²) in [5.74, 6) is 0.336. The number of alkyl halides is 3. The van der Waals surface area contributed by atoms with E-state index in [0.717, 1.165) is 12.1 Å². The van der Waals surface area contributed by atoms with Crippen molar-refractivity contribution in [1.29, 1.82) is 0 Å². The number of ether oxygens (including phenoxy) is 1. The number of hydrogen-bond donors (Lipinski definition) is 2. The van der Waals surface area contributed by atoms with Gasteiger partial charge in [-0.25, -0.2) is 9.48 Å². The van der Waals surface area contributed by atoms with E-state index in [1.165, 1.54) is 17.9 Å². The van der Waals surface area contributed by atoms with Gasteiger partial charge < -0.3 is 15.4 Å². The average molecular weight is 342 g/mol. The number of rotatable bonds is 3. The molecule has 2 amide bonds. The molecule has 0 aliphatic heterocycles. The van der Waals surface area contributed by atoms with Gasteiger partial charge in [0, 0.05) is 12.7 Å². The Labute approximate surface area is 136 Å². The van der Waals surface area contributed by atoms with Crippen molar-refractivity contribution in [3.05, 3.63) is 35.0 Å². The summed E-state index contributed by atoms with van der Waals surface area (Å²) in [6.45, 7) is 3.28. The summed E-state index contributed by atoms with van der Waals surface area (Å²) in [5.41, 5.74) is 0.613. The summed E-state index contributed by atoms with van der Waals surface area (Å²) in [6, 6.07) is 2.47. The first-order chi connectivity index (χ1) is 11.1. The van der Waals surface area contributed by atoms with Gasteiger partial charge in [0.15, 0.2) is 0 Å². The number of carbonyl (C=O) groups excluding carboxylic acids is 1. The van der Waals surface area contributed by atoms with E-state index in [-0.39, 0.29) is 5.69 Å². The highest BCUT2D eigenvalue weighted by Gasteiger charge is 2.31. The number of nitrogens with zero attached hydrogens (tertiary/aromatic N) is 2. The summed E-state index contributed by atoms with van der Waals surface area (Å²) < 4.78 is 44.9. The van der Waals surface area contributed by atoms with Gasteiger partial charge in [-0.2, -0.15) is 18.3 Å². The summed E-state index contributed by atoms with van der Waals surface area (Å²) in [6.07, 6.45) is -4.48. The number of amides is 2. The lowest BCUT2D eigenvalue weighted by molar-refractivity contribution is -0.137. The molecule has 0 spiro atoms. The second kappa shape index (κ2) is 6.42. The first kappa shape index (κ1) is 17.6. The van der Waals surface area contributed by atoms with E-state index >= 15 is 0 Å². The molecule has 2 N–H and O–H groups in total. The first-order valence-electron chi connectivity index (χ1n) is 6.97. The Morgan fingerprint density at radius 1 is 1.25 bits per heavy atom. The lowest BCUT2D eigenvalue weighted by Crippen LogP contribution is -2.21. The van der Waals surface area contributed by atoms with E-state index in [4.69, 9.17) is 4.74 Å². The quantitative estimate of drug-likeness (QED) is 0.893. The molecule has 0 atom stereocenters. The van der Waals surface area contributed by atoms with Crippen LogP contribution in [0.4, 0.5) is 29.3 Å². The zero-order chi connectivity index (χ0) is 18.1. The third-order valence-electron chi connectivity index (χ3n) is 3.41. The number of aryl methyl sites for hydroxylation is 3. The maximum absolute atomic E-state index is 12.8.